The lowest BCUT2D eigenvalue weighted by Gasteiger charge is -2.34. The van der Waals surface area contributed by atoms with Crippen LogP contribution in [0.2, 0.25) is 0 Å². The molecule has 2 N–H and O–H groups in total. The Kier molecular flexibility index (Phi) is 5.33. The van der Waals surface area contributed by atoms with Crippen LogP contribution in [-0.2, 0) is 10.0 Å². The second-order valence-corrected chi connectivity index (χ2v) is 8.02. The van der Waals surface area contributed by atoms with Gasteiger partial charge in [-0.1, -0.05) is 12.1 Å². The summed E-state index contributed by atoms with van der Waals surface area (Å²) in [7, 11) is -2.45. The number of piperidine rings is 1. The molecule has 9 heteroatoms. The first-order chi connectivity index (χ1) is 12.8. The van der Waals surface area contributed by atoms with Gasteiger partial charge in [-0.25, -0.2) is 13.6 Å². The van der Waals surface area contributed by atoms with Gasteiger partial charge >= 0.3 is 0 Å². The van der Waals surface area contributed by atoms with Gasteiger partial charge in [0.25, 0.3) is 5.69 Å². The summed E-state index contributed by atoms with van der Waals surface area (Å²) < 4.78 is 29.2. The van der Waals surface area contributed by atoms with Crippen LogP contribution < -0.4 is 14.8 Å². The van der Waals surface area contributed by atoms with E-state index in [1.165, 1.54) is 17.7 Å². The minimum absolute atomic E-state index is 0.212. The molecule has 0 radical (unpaired) electrons. The topological polar surface area (TPSA) is 116 Å². The second kappa shape index (κ2) is 7.53. The van der Waals surface area contributed by atoms with Crippen molar-refractivity contribution in [3.05, 3.63) is 58.1 Å². The third kappa shape index (κ3) is 4.20. The molecular formula is C18H21N3O5S. The summed E-state index contributed by atoms with van der Waals surface area (Å²) in [6, 6.07) is 11.7. The van der Waals surface area contributed by atoms with E-state index in [0.29, 0.717) is 24.7 Å². The van der Waals surface area contributed by atoms with Crippen LogP contribution in [0.1, 0.15) is 24.3 Å². The van der Waals surface area contributed by atoms with Gasteiger partial charge in [-0.15, -0.1) is 0 Å². The zero-order valence-electron chi connectivity index (χ0n) is 14.9. The summed E-state index contributed by atoms with van der Waals surface area (Å²) in [6.45, 7) is 1.25. The summed E-state index contributed by atoms with van der Waals surface area (Å²) >= 11 is 0. The maximum Gasteiger partial charge on any atom is 0.270 e. The molecular weight excluding hydrogens is 370 g/mol. The fourth-order valence-electron chi connectivity index (χ4n) is 3.45. The maximum absolute atomic E-state index is 11.9. The molecule has 0 amide bonds. The lowest BCUT2D eigenvalue weighted by Crippen LogP contribution is -2.34. The Labute approximate surface area is 157 Å². The van der Waals surface area contributed by atoms with E-state index in [0.717, 1.165) is 24.7 Å². The molecule has 0 aliphatic carbocycles. The first-order valence-electron chi connectivity index (χ1n) is 8.49. The molecule has 0 spiro atoms. The highest BCUT2D eigenvalue weighted by Gasteiger charge is 2.26. The average Bonchev–Trinajstić information content (AvgIpc) is 2.67. The van der Waals surface area contributed by atoms with Crippen LogP contribution in [0.25, 0.3) is 0 Å². The number of nitrogens with two attached hydrogens (primary N) is 1. The average molecular weight is 391 g/mol. The minimum Gasteiger partial charge on any atom is -0.497 e. The zero-order valence-corrected chi connectivity index (χ0v) is 15.7. The first kappa shape index (κ1) is 19.1. The largest absolute Gasteiger partial charge is 0.497 e. The molecule has 1 heterocycles. The van der Waals surface area contributed by atoms with E-state index in [1.807, 2.05) is 23.1 Å². The molecule has 1 saturated heterocycles. The number of hydrogen-bond acceptors (Lipinski definition) is 6. The van der Waals surface area contributed by atoms with Crippen LogP contribution in [-0.4, -0.2) is 33.5 Å². The number of primary sulfonamides is 1. The molecule has 144 valence electrons. The van der Waals surface area contributed by atoms with Gasteiger partial charge in [0.1, 0.15) is 10.6 Å². The summed E-state index contributed by atoms with van der Waals surface area (Å²) in [4.78, 5) is 12.0. The van der Waals surface area contributed by atoms with E-state index in [2.05, 4.69) is 6.07 Å². The number of nitro groups is 1. The Balaban J connectivity index is 1.82. The Morgan fingerprint density at radius 3 is 2.48 bits per heavy atom. The molecule has 1 aliphatic heterocycles. The van der Waals surface area contributed by atoms with Crippen molar-refractivity contribution >= 4 is 21.4 Å². The maximum atomic E-state index is 11.9. The van der Waals surface area contributed by atoms with Gasteiger partial charge in [-0.2, -0.15) is 0 Å². The number of non-ortho nitro benzene ring substituents is 1. The van der Waals surface area contributed by atoms with Gasteiger partial charge in [-0.3, -0.25) is 10.1 Å². The molecule has 0 saturated carbocycles. The predicted octanol–water partition coefficient (Wildman–Crippen LogP) is 2.63. The minimum atomic E-state index is -4.08. The summed E-state index contributed by atoms with van der Waals surface area (Å²) in [6.07, 6.45) is 1.66. The number of nitro benzene ring substituents is 1. The van der Waals surface area contributed by atoms with E-state index in [9.17, 15) is 18.5 Å². The smallest absolute Gasteiger partial charge is 0.270 e. The monoisotopic (exact) mass is 391 g/mol. The highest BCUT2D eigenvalue weighted by Crippen LogP contribution is 2.35. The van der Waals surface area contributed by atoms with Crippen LogP contribution >= 0.6 is 0 Å². The number of hydrogen-bond donors (Lipinski definition) is 1. The van der Waals surface area contributed by atoms with Crippen LogP contribution in [0.4, 0.5) is 11.4 Å². The molecule has 1 aliphatic rings. The van der Waals surface area contributed by atoms with Gasteiger partial charge < -0.3 is 9.64 Å². The van der Waals surface area contributed by atoms with Gasteiger partial charge in [0.2, 0.25) is 10.0 Å². The number of benzene rings is 2. The summed E-state index contributed by atoms with van der Waals surface area (Å²) in [5.41, 5.74) is 1.30. The van der Waals surface area contributed by atoms with E-state index < -0.39 is 14.9 Å². The van der Waals surface area contributed by atoms with Gasteiger partial charge in [0, 0.05) is 25.2 Å². The number of anilines is 1. The van der Waals surface area contributed by atoms with Crippen molar-refractivity contribution < 1.29 is 18.1 Å². The molecule has 0 aromatic heterocycles. The van der Waals surface area contributed by atoms with E-state index >= 15 is 0 Å². The van der Waals surface area contributed by atoms with Crippen LogP contribution in [0.3, 0.4) is 0 Å². The van der Waals surface area contributed by atoms with Crippen molar-refractivity contribution in [1.82, 2.24) is 0 Å². The Bertz CT molecular complexity index is 953. The summed E-state index contributed by atoms with van der Waals surface area (Å²) in [5.74, 6) is 1.15. The quantitative estimate of drug-likeness (QED) is 0.619. The van der Waals surface area contributed by atoms with E-state index in [1.54, 1.807) is 7.11 Å². The molecule has 27 heavy (non-hydrogen) atoms. The predicted molar refractivity (Wildman–Crippen MR) is 102 cm³/mol. The van der Waals surface area contributed by atoms with Gasteiger partial charge in [-0.05, 0) is 42.5 Å². The standard InChI is InChI=1S/C18H21N3O5S/c1-26-16-4-2-3-14(11-16)13-7-9-20(10-8-13)17-6-5-15(21(22)23)12-18(17)27(19,24)25/h2-6,11-13H,7-10H2,1H3,(H2,19,24,25). The third-order valence-electron chi connectivity index (χ3n) is 4.86. The van der Waals surface area contributed by atoms with Crippen LogP contribution in [0, 0.1) is 10.1 Å². The molecule has 0 bridgehead atoms. The molecule has 1 fully saturated rings. The number of methoxy groups -OCH3 is 1. The Morgan fingerprint density at radius 1 is 1.19 bits per heavy atom. The fourth-order valence-corrected chi connectivity index (χ4v) is 4.23. The molecule has 2 aromatic rings. The van der Waals surface area contributed by atoms with Gasteiger partial charge in [0.15, 0.2) is 0 Å². The highest BCUT2D eigenvalue weighted by atomic mass is 32.2. The van der Waals surface area contributed by atoms with Crippen molar-refractivity contribution in [1.29, 1.82) is 0 Å². The highest BCUT2D eigenvalue weighted by molar-refractivity contribution is 7.89. The van der Waals surface area contributed by atoms with Crippen LogP contribution in [0.5, 0.6) is 5.75 Å². The normalized spacial score (nSPS) is 15.6. The lowest BCUT2D eigenvalue weighted by atomic mass is 9.89. The lowest BCUT2D eigenvalue weighted by molar-refractivity contribution is -0.385. The zero-order chi connectivity index (χ0) is 19.6. The number of nitrogens with zero attached hydrogens (tertiary/aromatic N) is 2. The Morgan fingerprint density at radius 2 is 1.89 bits per heavy atom. The number of rotatable bonds is 5. The van der Waals surface area contributed by atoms with Gasteiger partial charge in [0.05, 0.1) is 17.7 Å². The van der Waals surface area contributed by atoms with Crippen molar-refractivity contribution in [3.63, 3.8) is 0 Å². The van der Waals surface area contributed by atoms with Crippen molar-refractivity contribution in [2.24, 2.45) is 5.14 Å². The van der Waals surface area contributed by atoms with E-state index in [-0.39, 0.29) is 10.6 Å². The molecule has 0 atom stereocenters. The third-order valence-corrected chi connectivity index (χ3v) is 5.80. The molecule has 8 nitrogen and oxygen atoms in total. The number of sulfonamides is 1. The Hall–Kier alpha value is -2.65. The summed E-state index contributed by atoms with van der Waals surface area (Å²) in [5, 5.41) is 16.3. The SMILES string of the molecule is COc1cccc(C2CCN(c3ccc([N+](=O)[O-])cc3S(N)(=O)=O)CC2)c1. The number of ether oxygens (including phenoxy) is 1. The molecule has 2 aromatic carbocycles. The first-order valence-corrected chi connectivity index (χ1v) is 10.0. The van der Waals surface area contributed by atoms with Crippen molar-refractivity contribution in [2.45, 2.75) is 23.7 Å². The molecule has 0 unspecified atom stereocenters. The van der Waals surface area contributed by atoms with E-state index in [4.69, 9.17) is 9.88 Å². The fraction of sp³-hybridized carbons (Fsp3) is 0.333. The van der Waals surface area contributed by atoms with Crippen molar-refractivity contribution in [2.75, 3.05) is 25.1 Å². The molecule has 3 rings (SSSR count). The van der Waals surface area contributed by atoms with Crippen molar-refractivity contribution in [3.8, 4) is 5.75 Å². The van der Waals surface area contributed by atoms with Crippen LogP contribution in [0.15, 0.2) is 47.4 Å². The second-order valence-electron chi connectivity index (χ2n) is 6.49.